The van der Waals surface area contributed by atoms with Gasteiger partial charge in [-0.15, -0.1) is 0 Å². The Morgan fingerprint density at radius 1 is 1.00 bits per heavy atom. The molecule has 30 heavy (non-hydrogen) atoms. The van der Waals surface area contributed by atoms with E-state index in [-0.39, 0.29) is 23.6 Å². The van der Waals surface area contributed by atoms with Crippen LogP contribution in [0.5, 0.6) is 0 Å². The maximum atomic E-state index is 12.9. The van der Waals surface area contributed by atoms with Crippen molar-refractivity contribution >= 4 is 23.3 Å². The van der Waals surface area contributed by atoms with Gasteiger partial charge in [-0.05, 0) is 43.2 Å². The number of likely N-dealkylation sites (tertiary alicyclic amines) is 1. The number of hydrogen-bond donors (Lipinski definition) is 1. The zero-order valence-electron chi connectivity index (χ0n) is 17.3. The predicted molar refractivity (Wildman–Crippen MR) is 115 cm³/mol. The van der Waals surface area contributed by atoms with Crippen LogP contribution in [0.15, 0.2) is 54.6 Å². The lowest BCUT2D eigenvalue weighted by atomic mass is 10.1. The third kappa shape index (κ3) is 4.28. The van der Waals surface area contributed by atoms with Crippen molar-refractivity contribution in [3.8, 4) is 0 Å². The number of ketones is 1. The average Bonchev–Trinajstić information content (AvgIpc) is 3.06. The molecule has 2 saturated heterocycles. The summed E-state index contributed by atoms with van der Waals surface area (Å²) in [6.07, 6.45) is 1.01. The van der Waals surface area contributed by atoms with Gasteiger partial charge >= 0.3 is 0 Å². The number of imide groups is 1. The normalized spacial score (nSPS) is 20.1. The summed E-state index contributed by atoms with van der Waals surface area (Å²) >= 11 is 0. The molecule has 0 radical (unpaired) electrons. The van der Waals surface area contributed by atoms with Gasteiger partial charge in [0.2, 0.25) is 5.91 Å². The second-order valence-electron chi connectivity index (χ2n) is 8.12. The molecule has 0 aliphatic carbocycles. The van der Waals surface area contributed by atoms with Crippen molar-refractivity contribution in [1.29, 1.82) is 0 Å². The second kappa shape index (κ2) is 8.79. The quantitative estimate of drug-likeness (QED) is 0.574. The van der Waals surface area contributed by atoms with E-state index in [1.807, 2.05) is 54.6 Å². The fraction of sp³-hybridized carbons (Fsp3) is 0.375. The van der Waals surface area contributed by atoms with Gasteiger partial charge in [0.05, 0.1) is 32.6 Å². The van der Waals surface area contributed by atoms with Crippen LogP contribution in [-0.4, -0.2) is 61.3 Å². The molecule has 0 aromatic heterocycles. The number of rotatable bonds is 6. The number of nitrogens with zero attached hydrogens (tertiary/aromatic N) is 2. The molecule has 6 nitrogen and oxygen atoms in total. The van der Waals surface area contributed by atoms with Gasteiger partial charge in [0.1, 0.15) is 0 Å². The Labute approximate surface area is 177 Å². The molecule has 1 N–H and O–H groups in total. The van der Waals surface area contributed by atoms with E-state index in [0.29, 0.717) is 24.9 Å². The molecule has 2 aromatic rings. The molecule has 2 fully saturated rings. The smallest absolute Gasteiger partial charge is 0.288 e. The molecular formula is C24H28N3O3+. The summed E-state index contributed by atoms with van der Waals surface area (Å²) in [7, 11) is 0. The van der Waals surface area contributed by atoms with Gasteiger partial charge in [-0.25, -0.2) is 0 Å². The maximum absolute atomic E-state index is 12.9. The summed E-state index contributed by atoms with van der Waals surface area (Å²) in [5.41, 5.74) is 2.95. The van der Waals surface area contributed by atoms with E-state index < -0.39 is 0 Å². The molecule has 0 bridgehead atoms. The van der Waals surface area contributed by atoms with Gasteiger partial charge in [-0.2, -0.15) is 0 Å². The molecule has 4 rings (SSSR count). The summed E-state index contributed by atoms with van der Waals surface area (Å²) in [4.78, 5) is 41.8. The number of Topliss-reactive ketones (excluding diaryl/α,β-unsaturated/α-hetero) is 1. The van der Waals surface area contributed by atoms with E-state index in [9.17, 15) is 14.4 Å². The van der Waals surface area contributed by atoms with Crippen LogP contribution in [0.3, 0.4) is 0 Å². The highest BCUT2D eigenvalue weighted by molar-refractivity contribution is 6.04. The highest BCUT2D eigenvalue weighted by Crippen LogP contribution is 2.17. The number of amides is 2. The number of carbonyl (C=O) groups is 3. The molecule has 0 unspecified atom stereocenters. The Hall–Kier alpha value is -2.99. The number of nitrogens with one attached hydrogen (secondary N) is 1. The van der Waals surface area contributed by atoms with E-state index in [2.05, 4.69) is 4.90 Å². The Bertz CT molecular complexity index is 918. The fourth-order valence-corrected chi connectivity index (χ4v) is 4.43. The molecular weight excluding hydrogens is 378 g/mol. The highest BCUT2D eigenvalue weighted by atomic mass is 16.2. The van der Waals surface area contributed by atoms with Crippen LogP contribution >= 0.6 is 0 Å². The van der Waals surface area contributed by atoms with Crippen LogP contribution in [0.25, 0.3) is 0 Å². The van der Waals surface area contributed by atoms with Crippen molar-refractivity contribution < 1.29 is 19.3 Å². The Morgan fingerprint density at radius 3 is 2.30 bits per heavy atom. The molecule has 2 aliphatic rings. The first kappa shape index (κ1) is 20.3. The largest absolute Gasteiger partial charge is 0.360 e. The topological polar surface area (TPSA) is 62.1 Å². The van der Waals surface area contributed by atoms with Crippen molar-refractivity contribution in [2.75, 3.05) is 37.6 Å². The minimum absolute atomic E-state index is 0.0230. The molecule has 2 aliphatic heterocycles. The Kier molecular flexibility index (Phi) is 5.95. The van der Waals surface area contributed by atoms with E-state index >= 15 is 0 Å². The van der Waals surface area contributed by atoms with Gasteiger partial charge in [-0.3, -0.25) is 19.3 Å². The maximum Gasteiger partial charge on any atom is 0.288 e. The summed E-state index contributed by atoms with van der Waals surface area (Å²) in [5, 5.41) is 0. The van der Waals surface area contributed by atoms with Gasteiger partial charge in [-0.1, -0.05) is 30.3 Å². The van der Waals surface area contributed by atoms with Crippen molar-refractivity contribution in [3.63, 3.8) is 0 Å². The lowest BCUT2D eigenvalue weighted by molar-refractivity contribution is -0.915. The van der Waals surface area contributed by atoms with Crippen LogP contribution in [0, 0.1) is 0 Å². The summed E-state index contributed by atoms with van der Waals surface area (Å²) in [6.45, 7) is 5.34. The number of quaternary nitrogens is 1. The molecule has 2 aromatic carbocycles. The zero-order chi connectivity index (χ0) is 21.1. The third-order valence-electron chi connectivity index (χ3n) is 6.25. The van der Waals surface area contributed by atoms with E-state index in [0.717, 1.165) is 37.4 Å². The van der Waals surface area contributed by atoms with Crippen LogP contribution in [0.2, 0.25) is 0 Å². The van der Waals surface area contributed by atoms with Crippen LogP contribution < -0.4 is 9.80 Å². The molecule has 2 heterocycles. The molecule has 6 heteroatoms. The lowest BCUT2D eigenvalue weighted by Gasteiger charge is -2.35. The van der Waals surface area contributed by atoms with Crippen molar-refractivity contribution in [2.24, 2.45) is 0 Å². The number of piperazine rings is 1. The minimum atomic E-state index is -0.254. The lowest BCUT2D eigenvalue weighted by Crippen LogP contribution is -3.19. The summed E-state index contributed by atoms with van der Waals surface area (Å²) in [5.74, 6) is -0.00193. The minimum Gasteiger partial charge on any atom is -0.360 e. The number of benzene rings is 2. The standard InChI is InChI=1S/C24H27N3O3/c1-18(28)20-7-9-21(10-8-20)25-13-15-26(16-14-25)22-17-23(29)27(24(22)30)12-11-19-5-3-2-4-6-19/h2-10,22H,11-17H2,1H3/p+1/t22-/m0/s1. The number of hydrogen-bond acceptors (Lipinski definition) is 4. The van der Waals surface area contributed by atoms with Crippen LogP contribution in [0.4, 0.5) is 5.69 Å². The van der Waals surface area contributed by atoms with E-state index in [4.69, 9.17) is 0 Å². The van der Waals surface area contributed by atoms with E-state index in [1.165, 1.54) is 9.80 Å². The van der Waals surface area contributed by atoms with Gasteiger partial charge < -0.3 is 9.80 Å². The first-order valence-electron chi connectivity index (χ1n) is 10.6. The third-order valence-corrected chi connectivity index (χ3v) is 6.25. The summed E-state index contributed by atoms with van der Waals surface area (Å²) in [6, 6.07) is 17.4. The molecule has 1 atom stereocenters. The van der Waals surface area contributed by atoms with Crippen molar-refractivity contribution in [1.82, 2.24) is 4.90 Å². The second-order valence-corrected chi connectivity index (χ2v) is 8.12. The van der Waals surface area contributed by atoms with Crippen molar-refractivity contribution in [2.45, 2.75) is 25.8 Å². The van der Waals surface area contributed by atoms with Crippen LogP contribution in [-0.2, 0) is 16.0 Å². The van der Waals surface area contributed by atoms with Crippen LogP contribution in [0.1, 0.15) is 29.3 Å². The molecule has 0 saturated carbocycles. The molecule has 2 amide bonds. The monoisotopic (exact) mass is 406 g/mol. The molecule has 0 spiro atoms. The van der Waals surface area contributed by atoms with Gasteiger partial charge in [0.15, 0.2) is 11.8 Å². The Morgan fingerprint density at radius 2 is 1.67 bits per heavy atom. The SMILES string of the molecule is CC(=O)c1ccc(N2CC[NH+]([C@H]3CC(=O)N(CCc4ccccc4)C3=O)CC2)cc1. The summed E-state index contributed by atoms with van der Waals surface area (Å²) < 4.78 is 0. The first-order chi connectivity index (χ1) is 14.5. The average molecular weight is 407 g/mol. The highest BCUT2D eigenvalue weighted by Gasteiger charge is 2.45. The van der Waals surface area contributed by atoms with Crippen molar-refractivity contribution in [3.05, 3.63) is 65.7 Å². The predicted octanol–water partition coefficient (Wildman–Crippen LogP) is 0.964. The fourth-order valence-electron chi connectivity index (χ4n) is 4.43. The zero-order valence-corrected chi connectivity index (χ0v) is 17.3. The van der Waals surface area contributed by atoms with E-state index in [1.54, 1.807) is 6.92 Å². The van der Waals surface area contributed by atoms with Gasteiger partial charge in [0, 0.05) is 17.8 Å². The molecule has 156 valence electrons. The number of anilines is 1. The number of carbonyl (C=O) groups excluding carboxylic acids is 3. The first-order valence-corrected chi connectivity index (χ1v) is 10.6. The van der Waals surface area contributed by atoms with Gasteiger partial charge in [0.25, 0.3) is 5.91 Å². The Balaban J connectivity index is 1.32.